The van der Waals surface area contributed by atoms with Gasteiger partial charge in [0.25, 0.3) is 5.91 Å². The molecular formula is C17H15ClN4O. The molecule has 1 aliphatic rings. The summed E-state index contributed by atoms with van der Waals surface area (Å²) >= 11 is 5.97. The van der Waals surface area contributed by atoms with Gasteiger partial charge in [-0.25, -0.2) is 4.52 Å². The average molecular weight is 327 g/mol. The number of fused-ring (bicyclic) bond motifs is 2. The highest BCUT2D eigenvalue weighted by atomic mass is 35.5. The first-order valence-electron chi connectivity index (χ1n) is 7.53. The predicted molar refractivity (Wildman–Crippen MR) is 87.6 cm³/mol. The van der Waals surface area contributed by atoms with E-state index in [2.05, 4.69) is 16.1 Å². The summed E-state index contributed by atoms with van der Waals surface area (Å²) in [6.07, 6.45) is 4.29. The zero-order valence-corrected chi connectivity index (χ0v) is 13.4. The van der Waals surface area contributed by atoms with Crippen LogP contribution in [0.4, 0.5) is 0 Å². The third-order valence-electron chi connectivity index (χ3n) is 4.31. The number of carbonyl (C=O) groups is 1. The van der Waals surface area contributed by atoms with Crippen LogP contribution >= 0.6 is 11.6 Å². The third kappa shape index (κ3) is 2.37. The van der Waals surface area contributed by atoms with E-state index in [-0.39, 0.29) is 11.9 Å². The fraction of sp³-hybridized carbons (Fsp3) is 0.235. The van der Waals surface area contributed by atoms with Gasteiger partial charge in [-0.1, -0.05) is 17.7 Å². The van der Waals surface area contributed by atoms with Crippen LogP contribution in [-0.4, -0.2) is 31.9 Å². The van der Waals surface area contributed by atoms with Crippen LogP contribution < -0.4 is 0 Å². The lowest BCUT2D eigenvalue weighted by Gasteiger charge is -2.33. The third-order valence-corrected chi connectivity index (χ3v) is 4.54. The van der Waals surface area contributed by atoms with Crippen molar-refractivity contribution in [2.45, 2.75) is 19.4 Å². The van der Waals surface area contributed by atoms with Crippen LogP contribution in [0, 0.1) is 0 Å². The summed E-state index contributed by atoms with van der Waals surface area (Å²) in [7, 11) is 0. The lowest BCUT2D eigenvalue weighted by molar-refractivity contribution is 0.0666. The first-order chi connectivity index (χ1) is 11.1. The van der Waals surface area contributed by atoms with Crippen molar-refractivity contribution in [1.29, 1.82) is 0 Å². The van der Waals surface area contributed by atoms with Gasteiger partial charge >= 0.3 is 0 Å². The summed E-state index contributed by atoms with van der Waals surface area (Å²) in [5, 5.41) is 4.95. The molecule has 0 radical (unpaired) electrons. The van der Waals surface area contributed by atoms with Crippen LogP contribution in [0.3, 0.4) is 0 Å². The van der Waals surface area contributed by atoms with Crippen molar-refractivity contribution in [2.24, 2.45) is 0 Å². The normalized spacial score (nSPS) is 17.3. The second-order valence-electron chi connectivity index (χ2n) is 5.72. The smallest absolute Gasteiger partial charge is 0.274 e. The van der Waals surface area contributed by atoms with E-state index < -0.39 is 0 Å². The second kappa shape index (κ2) is 5.35. The van der Waals surface area contributed by atoms with E-state index in [1.54, 1.807) is 29.0 Å². The molecule has 23 heavy (non-hydrogen) atoms. The van der Waals surface area contributed by atoms with Gasteiger partial charge in [0.2, 0.25) is 0 Å². The van der Waals surface area contributed by atoms with Crippen LogP contribution in [-0.2, 0) is 6.42 Å². The summed E-state index contributed by atoms with van der Waals surface area (Å²) in [6.45, 7) is 2.68. The first kappa shape index (κ1) is 14.2. The molecule has 0 N–H and O–H groups in total. The minimum atomic E-state index is -0.0753. The molecular weight excluding hydrogens is 312 g/mol. The van der Waals surface area contributed by atoms with E-state index in [0.29, 0.717) is 17.3 Å². The molecule has 0 aliphatic carbocycles. The quantitative estimate of drug-likeness (QED) is 0.690. The Hall–Kier alpha value is -2.40. The average Bonchev–Trinajstić information content (AvgIpc) is 2.98. The molecule has 3 aromatic heterocycles. The fourth-order valence-electron chi connectivity index (χ4n) is 3.11. The van der Waals surface area contributed by atoms with Gasteiger partial charge in [-0.05, 0) is 43.2 Å². The van der Waals surface area contributed by atoms with Crippen molar-refractivity contribution in [3.05, 3.63) is 64.7 Å². The molecule has 0 spiro atoms. The monoisotopic (exact) mass is 326 g/mol. The Labute approximate surface area is 138 Å². The minimum absolute atomic E-state index is 0.0548. The van der Waals surface area contributed by atoms with Crippen molar-refractivity contribution in [1.82, 2.24) is 19.5 Å². The number of pyridine rings is 2. The summed E-state index contributed by atoms with van der Waals surface area (Å²) in [4.78, 5) is 19.1. The second-order valence-corrected chi connectivity index (χ2v) is 6.16. The Balaban J connectivity index is 1.68. The molecule has 1 aliphatic heterocycles. The molecule has 3 aromatic rings. The largest absolute Gasteiger partial charge is 0.329 e. The molecule has 5 nitrogen and oxygen atoms in total. The van der Waals surface area contributed by atoms with Gasteiger partial charge in [0, 0.05) is 18.9 Å². The van der Waals surface area contributed by atoms with E-state index in [1.165, 1.54) is 5.56 Å². The first-order valence-corrected chi connectivity index (χ1v) is 7.91. The summed E-state index contributed by atoms with van der Waals surface area (Å²) < 4.78 is 1.64. The number of amides is 1. The summed E-state index contributed by atoms with van der Waals surface area (Å²) in [5.41, 5.74) is 3.46. The fourth-order valence-corrected chi connectivity index (χ4v) is 3.27. The molecule has 1 atom stereocenters. The molecule has 1 unspecified atom stereocenters. The van der Waals surface area contributed by atoms with Crippen molar-refractivity contribution >= 4 is 23.0 Å². The lowest BCUT2D eigenvalue weighted by Crippen LogP contribution is -2.39. The SMILES string of the molecule is CC1c2ncccc2CCN1C(=O)c1cc2ccc(Cl)cn2n1. The van der Waals surface area contributed by atoms with Gasteiger partial charge in [0.15, 0.2) is 5.69 Å². The molecule has 0 fully saturated rings. The van der Waals surface area contributed by atoms with Gasteiger partial charge in [-0.2, -0.15) is 5.10 Å². The number of carbonyl (C=O) groups excluding carboxylic acids is 1. The number of hydrogen-bond acceptors (Lipinski definition) is 3. The van der Waals surface area contributed by atoms with E-state index in [0.717, 1.165) is 17.6 Å². The molecule has 6 heteroatoms. The maximum Gasteiger partial charge on any atom is 0.274 e. The molecule has 1 amide bonds. The number of rotatable bonds is 1. The van der Waals surface area contributed by atoms with Crippen molar-refractivity contribution < 1.29 is 4.79 Å². The highest BCUT2D eigenvalue weighted by molar-refractivity contribution is 6.30. The number of nitrogens with zero attached hydrogens (tertiary/aromatic N) is 4. The zero-order valence-electron chi connectivity index (χ0n) is 12.6. The maximum absolute atomic E-state index is 12.9. The Morgan fingerprint density at radius 2 is 2.22 bits per heavy atom. The van der Waals surface area contributed by atoms with Gasteiger partial charge in [-0.15, -0.1) is 0 Å². The Bertz CT molecular complexity index is 904. The Kier molecular flexibility index (Phi) is 3.31. The molecule has 116 valence electrons. The molecule has 4 rings (SSSR count). The van der Waals surface area contributed by atoms with E-state index in [9.17, 15) is 4.79 Å². The van der Waals surface area contributed by atoms with Crippen LogP contribution in [0.2, 0.25) is 5.02 Å². The molecule has 0 saturated heterocycles. The Morgan fingerprint density at radius 1 is 1.35 bits per heavy atom. The minimum Gasteiger partial charge on any atom is -0.329 e. The number of hydrogen-bond donors (Lipinski definition) is 0. The number of halogens is 1. The molecule has 0 aromatic carbocycles. The highest BCUT2D eigenvalue weighted by Crippen LogP contribution is 2.28. The van der Waals surface area contributed by atoms with Gasteiger partial charge < -0.3 is 4.90 Å². The van der Waals surface area contributed by atoms with Gasteiger partial charge in [-0.3, -0.25) is 9.78 Å². The van der Waals surface area contributed by atoms with Crippen molar-refractivity contribution in [3.8, 4) is 0 Å². The lowest BCUT2D eigenvalue weighted by atomic mass is 9.98. The molecule has 0 saturated carbocycles. The number of aromatic nitrogens is 3. The summed E-state index contributed by atoms with van der Waals surface area (Å²) in [5.74, 6) is -0.0753. The summed E-state index contributed by atoms with van der Waals surface area (Å²) in [6, 6.07) is 9.39. The highest BCUT2D eigenvalue weighted by Gasteiger charge is 2.30. The standard InChI is InChI=1S/C17H15ClN4O/c1-11-16-12(3-2-7-19-16)6-8-21(11)17(23)15-9-14-5-4-13(18)10-22(14)20-15/h2-5,7,9-11H,6,8H2,1H3. The Morgan fingerprint density at radius 3 is 3.09 bits per heavy atom. The van der Waals surface area contributed by atoms with E-state index in [4.69, 9.17) is 11.6 Å². The van der Waals surface area contributed by atoms with Gasteiger partial charge in [0.05, 0.1) is 22.3 Å². The van der Waals surface area contributed by atoms with Crippen molar-refractivity contribution in [3.63, 3.8) is 0 Å². The van der Waals surface area contributed by atoms with E-state index in [1.807, 2.05) is 24.0 Å². The molecule has 0 bridgehead atoms. The van der Waals surface area contributed by atoms with E-state index >= 15 is 0 Å². The van der Waals surface area contributed by atoms with Gasteiger partial charge in [0.1, 0.15) is 0 Å². The van der Waals surface area contributed by atoms with Crippen LogP contribution in [0.5, 0.6) is 0 Å². The van der Waals surface area contributed by atoms with Crippen LogP contribution in [0.1, 0.15) is 34.7 Å². The van der Waals surface area contributed by atoms with Crippen molar-refractivity contribution in [2.75, 3.05) is 6.54 Å². The zero-order chi connectivity index (χ0) is 16.0. The van der Waals surface area contributed by atoms with Crippen LogP contribution in [0.15, 0.2) is 42.7 Å². The maximum atomic E-state index is 12.9. The topological polar surface area (TPSA) is 50.5 Å². The predicted octanol–water partition coefficient (Wildman–Crippen LogP) is 3.14. The molecule has 4 heterocycles. The van der Waals surface area contributed by atoms with Crippen LogP contribution in [0.25, 0.3) is 5.52 Å².